The number of carbonyl (C=O) groups is 3. The summed E-state index contributed by atoms with van der Waals surface area (Å²) in [7, 11) is 0. The molecule has 1 aromatic heterocycles. The van der Waals surface area contributed by atoms with Gasteiger partial charge < -0.3 is 9.64 Å². The first-order chi connectivity index (χ1) is 16.6. The van der Waals surface area contributed by atoms with Gasteiger partial charge in [0.05, 0.1) is 0 Å². The fourth-order valence-electron chi connectivity index (χ4n) is 5.78. The Morgan fingerprint density at radius 3 is 2.65 bits per heavy atom. The number of likely N-dealkylation sites (tertiary alicyclic amines) is 1. The Kier molecular flexibility index (Phi) is 5.28. The normalized spacial score (nSPS) is 27.5. The first-order valence-corrected chi connectivity index (χ1v) is 12.0. The highest BCUT2D eigenvalue weighted by Gasteiger charge is 2.42. The Bertz CT molecular complexity index is 1130. The minimum absolute atomic E-state index is 0.120. The number of imide groups is 1. The molecule has 1 saturated carbocycles. The van der Waals surface area contributed by atoms with Crippen molar-refractivity contribution in [3.05, 3.63) is 53.6 Å². The zero-order chi connectivity index (χ0) is 23.2. The van der Waals surface area contributed by atoms with Crippen LogP contribution in [0.4, 0.5) is 0 Å². The van der Waals surface area contributed by atoms with Crippen LogP contribution in [-0.4, -0.2) is 68.8 Å². The van der Waals surface area contributed by atoms with Crippen LogP contribution in [0.25, 0.3) is 0 Å². The van der Waals surface area contributed by atoms with Crippen molar-refractivity contribution in [1.29, 1.82) is 0 Å². The summed E-state index contributed by atoms with van der Waals surface area (Å²) in [6.07, 6.45) is 9.38. The van der Waals surface area contributed by atoms with Crippen LogP contribution < -0.4 is 10.1 Å². The van der Waals surface area contributed by atoms with Crippen LogP contribution >= 0.6 is 0 Å². The molecular formula is C25H27N5O4. The standard InChI is InChI=1S/C25H27N5O4/c31-23-7-6-21(24(32)28-23)30-13-15-8-18(4-5-19(15)25(30)33)34-22-3-1-2-20(22)29-11-17(12-29)16-9-26-14-27-10-16/h4-5,8-10,14,17,20-22H,1-3,6-7,11-13H2,(H,28,31,32)/t20-,21?,22-/m0/s1. The number of nitrogens with one attached hydrogen (secondary N) is 1. The van der Waals surface area contributed by atoms with E-state index < -0.39 is 11.9 Å². The highest BCUT2D eigenvalue weighted by molar-refractivity contribution is 6.05. The van der Waals surface area contributed by atoms with E-state index in [4.69, 9.17) is 4.74 Å². The van der Waals surface area contributed by atoms with Gasteiger partial charge in [-0.05, 0) is 55.0 Å². The fraction of sp³-hybridized carbons (Fsp3) is 0.480. The van der Waals surface area contributed by atoms with Gasteiger partial charge in [0.25, 0.3) is 5.91 Å². The fourth-order valence-corrected chi connectivity index (χ4v) is 5.78. The lowest BCUT2D eigenvalue weighted by molar-refractivity contribution is -0.136. The lowest BCUT2D eigenvalue weighted by atomic mass is 9.91. The van der Waals surface area contributed by atoms with Crippen molar-refractivity contribution >= 4 is 17.7 Å². The van der Waals surface area contributed by atoms with Crippen molar-refractivity contribution in [3.8, 4) is 5.75 Å². The van der Waals surface area contributed by atoms with E-state index in [9.17, 15) is 14.4 Å². The molecule has 176 valence electrons. The van der Waals surface area contributed by atoms with Gasteiger partial charge in [0, 0.05) is 56.0 Å². The Labute approximate surface area is 197 Å². The van der Waals surface area contributed by atoms with Crippen LogP contribution in [0.5, 0.6) is 5.75 Å². The number of nitrogens with zero attached hydrogens (tertiary/aromatic N) is 4. The average molecular weight is 462 g/mol. The number of aromatic nitrogens is 2. The minimum atomic E-state index is -0.601. The highest BCUT2D eigenvalue weighted by atomic mass is 16.5. The number of rotatable bonds is 5. The van der Waals surface area contributed by atoms with Crippen molar-refractivity contribution in [3.63, 3.8) is 0 Å². The smallest absolute Gasteiger partial charge is 0.255 e. The van der Waals surface area contributed by atoms with Gasteiger partial charge in [0.1, 0.15) is 24.2 Å². The monoisotopic (exact) mass is 461 g/mol. The number of fused-ring (bicyclic) bond motifs is 1. The molecule has 1 aromatic carbocycles. The predicted molar refractivity (Wildman–Crippen MR) is 121 cm³/mol. The van der Waals surface area contributed by atoms with E-state index in [1.165, 1.54) is 5.56 Å². The summed E-state index contributed by atoms with van der Waals surface area (Å²) in [6, 6.07) is 5.39. The van der Waals surface area contributed by atoms with E-state index in [2.05, 4.69) is 20.2 Å². The molecule has 3 aliphatic heterocycles. The van der Waals surface area contributed by atoms with Gasteiger partial charge in [-0.3, -0.25) is 24.6 Å². The second-order valence-electron chi connectivity index (χ2n) is 9.70. The van der Waals surface area contributed by atoms with Crippen molar-refractivity contribution in [1.82, 2.24) is 25.1 Å². The quantitative estimate of drug-likeness (QED) is 0.675. The van der Waals surface area contributed by atoms with E-state index in [0.717, 1.165) is 43.7 Å². The molecule has 3 amide bonds. The number of ether oxygens (including phenoxy) is 1. The Morgan fingerprint density at radius 2 is 1.85 bits per heavy atom. The van der Waals surface area contributed by atoms with Crippen LogP contribution in [0, 0.1) is 0 Å². The van der Waals surface area contributed by atoms with Gasteiger partial charge in [-0.15, -0.1) is 0 Å². The average Bonchev–Trinajstić information content (AvgIpc) is 3.38. The van der Waals surface area contributed by atoms with E-state index >= 15 is 0 Å². The van der Waals surface area contributed by atoms with Crippen LogP contribution in [0.15, 0.2) is 36.9 Å². The van der Waals surface area contributed by atoms with E-state index in [1.807, 2.05) is 24.5 Å². The molecule has 6 rings (SSSR count). The third kappa shape index (κ3) is 3.73. The molecule has 34 heavy (non-hydrogen) atoms. The molecule has 4 aliphatic rings. The van der Waals surface area contributed by atoms with Gasteiger partial charge in [-0.25, -0.2) is 9.97 Å². The first-order valence-electron chi connectivity index (χ1n) is 12.0. The molecule has 4 heterocycles. The maximum absolute atomic E-state index is 12.9. The number of amides is 3. The van der Waals surface area contributed by atoms with Gasteiger partial charge in [0.2, 0.25) is 11.8 Å². The van der Waals surface area contributed by atoms with Crippen molar-refractivity contribution in [2.75, 3.05) is 13.1 Å². The molecule has 0 spiro atoms. The van der Waals surface area contributed by atoms with Crippen molar-refractivity contribution < 1.29 is 19.1 Å². The lowest BCUT2D eigenvalue weighted by Crippen LogP contribution is -2.54. The minimum Gasteiger partial charge on any atom is -0.489 e. The van der Waals surface area contributed by atoms with Gasteiger partial charge >= 0.3 is 0 Å². The molecule has 9 nitrogen and oxygen atoms in total. The zero-order valence-corrected chi connectivity index (χ0v) is 18.9. The van der Waals surface area contributed by atoms with Crippen LogP contribution in [0.1, 0.15) is 59.5 Å². The first kappa shape index (κ1) is 21.2. The molecule has 3 fully saturated rings. The number of hydrogen-bond acceptors (Lipinski definition) is 7. The second-order valence-corrected chi connectivity index (χ2v) is 9.70. The Morgan fingerprint density at radius 1 is 1.03 bits per heavy atom. The van der Waals surface area contributed by atoms with E-state index in [-0.39, 0.29) is 24.3 Å². The summed E-state index contributed by atoms with van der Waals surface area (Å²) in [6.45, 7) is 2.35. The largest absolute Gasteiger partial charge is 0.489 e. The predicted octanol–water partition coefficient (Wildman–Crippen LogP) is 1.64. The summed E-state index contributed by atoms with van der Waals surface area (Å²) >= 11 is 0. The SMILES string of the molecule is O=C1CCC(N2Cc3cc(O[C@H]4CCC[C@@H]4N4CC(c5cncnc5)C4)ccc3C2=O)C(=O)N1. The van der Waals surface area contributed by atoms with Crippen LogP contribution in [-0.2, 0) is 16.1 Å². The van der Waals surface area contributed by atoms with Gasteiger partial charge in [0.15, 0.2) is 0 Å². The topological polar surface area (TPSA) is 105 Å². The Hall–Kier alpha value is -3.33. The van der Waals surface area contributed by atoms with Gasteiger partial charge in [-0.1, -0.05) is 0 Å². The summed E-state index contributed by atoms with van der Waals surface area (Å²) in [5.41, 5.74) is 2.67. The van der Waals surface area contributed by atoms with E-state index in [0.29, 0.717) is 30.5 Å². The van der Waals surface area contributed by atoms with E-state index in [1.54, 1.807) is 17.3 Å². The van der Waals surface area contributed by atoms with Gasteiger partial charge in [-0.2, -0.15) is 0 Å². The number of hydrogen-bond donors (Lipinski definition) is 1. The lowest BCUT2D eigenvalue weighted by Gasteiger charge is -2.45. The number of benzene rings is 1. The van der Waals surface area contributed by atoms with Crippen molar-refractivity contribution in [2.24, 2.45) is 0 Å². The molecule has 2 aromatic rings. The zero-order valence-electron chi connectivity index (χ0n) is 18.9. The third-order valence-corrected chi connectivity index (χ3v) is 7.63. The molecule has 1 unspecified atom stereocenters. The molecule has 3 atom stereocenters. The maximum Gasteiger partial charge on any atom is 0.255 e. The summed E-state index contributed by atoms with van der Waals surface area (Å²) in [5.74, 6) is 0.413. The number of piperidine rings is 1. The highest BCUT2D eigenvalue weighted by Crippen LogP contribution is 2.37. The Balaban J connectivity index is 1.11. The summed E-state index contributed by atoms with van der Waals surface area (Å²) in [4.78, 5) is 49.0. The summed E-state index contributed by atoms with van der Waals surface area (Å²) < 4.78 is 6.44. The molecular weight excluding hydrogens is 434 g/mol. The molecule has 0 radical (unpaired) electrons. The maximum atomic E-state index is 12.9. The second kappa shape index (κ2) is 8.47. The number of carbonyl (C=O) groups excluding carboxylic acids is 3. The van der Waals surface area contributed by atoms with Crippen molar-refractivity contribution in [2.45, 2.75) is 62.8 Å². The summed E-state index contributed by atoms with van der Waals surface area (Å²) in [5, 5.41) is 2.35. The molecule has 1 aliphatic carbocycles. The van der Waals surface area contributed by atoms with Crippen LogP contribution in [0.3, 0.4) is 0 Å². The third-order valence-electron chi connectivity index (χ3n) is 7.63. The molecule has 1 N–H and O–H groups in total. The molecule has 2 saturated heterocycles. The molecule has 0 bridgehead atoms. The van der Waals surface area contributed by atoms with Crippen LogP contribution in [0.2, 0.25) is 0 Å². The molecule has 9 heteroatoms.